The van der Waals surface area contributed by atoms with Crippen LogP contribution in [0.2, 0.25) is 0 Å². The number of fused-ring (bicyclic) bond motifs is 13. The zero-order valence-electron chi connectivity index (χ0n) is 27.4. The average molecular weight is 669 g/mol. The Labute approximate surface area is 298 Å². The molecule has 0 saturated carbocycles. The minimum Gasteiger partial charge on any atom is -0.246 e. The van der Waals surface area contributed by atoms with Crippen LogP contribution in [0.4, 0.5) is 23.0 Å². The predicted octanol–water partition coefficient (Wildman–Crippen LogP) is 12.8. The number of aromatic nitrogens is 2. The van der Waals surface area contributed by atoms with Gasteiger partial charge >= 0.3 is 0 Å². The molecule has 8 aromatic carbocycles. The Hall–Kier alpha value is -6.56. The van der Waals surface area contributed by atoms with E-state index in [4.69, 9.17) is 9.97 Å². The lowest BCUT2D eigenvalue weighted by molar-refractivity contribution is 0.933. The molecular weight excluding hydrogens is 641 g/mol. The minimum atomic E-state index is 0.616. The highest BCUT2D eigenvalue weighted by atomic mass is 32.1. The molecule has 0 radical (unpaired) electrons. The second-order valence-electron chi connectivity index (χ2n) is 13.0. The highest BCUT2D eigenvalue weighted by Gasteiger charge is 2.38. The molecule has 0 bridgehead atoms. The first-order valence-electron chi connectivity index (χ1n) is 17.2. The lowest BCUT2D eigenvalue weighted by Gasteiger charge is -2.43. The summed E-state index contributed by atoms with van der Waals surface area (Å²) in [7, 11) is 0. The number of nitrogens with zero attached hydrogens (tertiary/aromatic N) is 4. The molecule has 5 heteroatoms. The molecular formula is C46H28N4S. The van der Waals surface area contributed by atoms with Crippen LogP contribution in [0.15, 0.2) is 170 Å². The van der Waals surface area contributed by atoms with Crippen LogP contribution in [0.3, 0.4) is 0 Å². The summed E-state index contributed by atoms with van der Waals surface area (Å²) in [6, 6.07) is 60.5. The molecule has 238 valence electrons. The van der Waals surface area contributed by atoms with Gasteiger partial charge in [0.25, 0.3) is 5.95 Å². The quantitative estimate of drug-likeness (QED) is 0.188. The molecule has 51 heavy (non-hydrogen) atoms. The zero-order valence-corrected chi connectivity index (χ0v) is 28.2. The molecule has 0 atom stereocenters. The Morgan fingerprint density at radius 2 is 1.10 bits per heavy atom. The lowest BCUT2D eigenvalue weighted by atomic mass is 9.87. The molecule has 0 fully saturated rings. The fourth-order valence-corrected chi connectivity index (χ4v) is 9.24. The Kier molecular flexibility index (Phi) is 6.09. The van der Waals surface area contributed by atoms with Gasteiger partial charge in [-0.2, -0.15) is 0 Å². The molecule has 0 unspecified atom stereocenters. The van der Waals surface area contributed by atoms with E-state index in [0.29, 0.717) is 5.95 Å². The third-order valence-electron chi connectivity index (χ3n) is 10.1. The van der Waals surface area contributed by atoms with Gasteiger partial charge in [0, 0.05) is 37.5 Å². The van der Waals surface area contributed by atoms with E-state index in [1.807, 2.05) is 11.3 Å². The van der Waals surface area contributed by atoms with Crippen molar-refractivity contribution in [2.75, 3.05) is 10.0 Å². The molecule has 1 aliphatic heterocycles. The molecule has 2 aromatic heterocycles. The van der Waals surface area contributed by atoms with E-state index in [1.165, 1.54) is 52.8 Å². The van der Waals surface area contributed by atoms with Gasteiger partial charge in [-0.1, -0.05) is 140 Å². The minimum absolute atomic E-state index is 0.616. The van der Waals surface area contributed by atoms with Crippen LogP contribution < -0.4 is 10.0 Å². The summed E-state index contributed by atoms with van der Waals surface area (Å²) in [5.41, 5.74) is 8.46. The van der Waals surface area contributed by atoms with Crippen molar-refractivity contribution in [1.29, 1.82) is 0 Å². The molecule has 1 aliphatic rings. The van der Waals surface area contributed by atoms with Crippen LogP contribution >= 0.6 is 11.3 Å². The molecule has 3 heterocycles. The lowest BCUT2D eigenvalue weighted by Crippen LogP contribution is -2.40. The molecule has 0 spiro atoms. The highest BCUT2D eigenvalue weighted by Crippen LogP contribution is 2.58. The number of anilines is 4. The topological polar surface area (TPSA) is 32.3 Å². The monoisotopic (exact) mass is 668 g/mol. The second-order valence-corrected chi connectivity index (χ2v) is 14.0. The average Bonchev–Trinajstić information content (AvgIpc) is 3.60. The van der Waals surface area contributed by atoms with Crippen LogP contribution in [0, 0.1) is 0 Å². The number of benzene rings is 8. The standard InChI is InChI=1S/C46H28N4S/c1-3-16-30(17-4-1)43-35-23-11-13-25-37(35)47-46(48-43)50-44-42(34-22-10-9-21-33(34)40-36-24-12-14-26-39(36)51-45(40)44)41-32-20-8-7-15-29(32)27-28-38(41)49(50)31-18-5-2-6-19-31/h1-28H. The summed E-state index contributed by atoms with van der Waals surface area (Å²) in [5.74, 6) is 0.616. The van der Waals surface area contributed by atoms with E-state index in [-0.39, 0.29) is 0 Å². The maximum Gasteiger partial charge on any atom is 0.251 e. The SMILES string of the molecule is c1ccc(-c2nc(N3c4c(c5ccccc5c5c4sc4ccccc45)-c4c(ccc5ccccc45)N3c3ccccc3)nc3ccccc23)cc1. The number of hydrogen-bond donors (Lipinski definition) is 0. The summed E-state index contributed by atoms with van der Waals surface area (Å²) in [5, 5.41) is 13.1. The summed E-state index contributed by atoms with van der Waals surface area (Å²) < 4.78 is 2.47. The Balaban J connectivity index is 1.37. The van der Waals surface area contributed by atoms with E-state index in [1.54, 1.807) is 0 Å². The van der Waals surface area contributed by atoms with Gasteiger partial charge in [-0.15, -0.1) is 11.3 Å². The summed E-state index contributed by atoms with van der Waals surface area (Å²) >= 11 is 1.85. The summed E-state index contributed by atoms with van der Waals surface area (Å²) in [6.07, 6.45) is 0. The van der Waals surface area contributed by atoms with Gasteiger partial charge < -0.3 is 0 Å². The molecule has 10 aromatic rings. The van der Waals surface area contributed by atoms with Gasteiger partial charge in [0.15, 0.2) is 0 Å². The number of para-hydroxylation sites is 2. The fraction of sp³-hybridized carbons (Fsp3) is 0. The molecule has 0 amide bonds. The molecule has 0 saturated heterocycles. The van der Waals surface area contributed by atoms with Gasteiger partial charge in [-0.25, -0.2) is 20.0 Å². The van der Waals surface area contributed by atoms with Crippen LogP contribution in [0.25, 0.3) is 75.0 Å². The van der Waals surface area contributed by atoms with Crippen molar-refractivity contribution in [3.05, 3.63) is 170 Å². The second kappa shape index (κ2) is 11.0. The van der Waals surface area contributed by atoms with Crippen molar-refractivity contribution in [3.63, 3.8) is 0 Å². The third-order valence-corrected chi connectivity index (χ3v) is 11.3. The van der Waals surface area contributed by atoms with Gasteiger partial charge in [0.05, 0.1) is 33.0 Å². The van der Waals surface area contributed by atoms with Crippen molar-refractivity contribution < 1.29 is 0 Å². The first-order chi connectivity index (χ1) is 25.3. The van der Waals surface area contributed by atoms with Crippen molar-refractivity contribution in [3.8, 4) is 22.4 Å². The smallest absolute Gasteiger partial charge is 0.246 e. The van der Waals surface area contributed by atoms with E-state index >= 15 is 0 Å². The molecule has 11 rings (SSSR count). The molecule has 0 aliphatic carbocycles. The number of thiophene rings is 1. The van der Waals surface area contributed by atoms with Crippen molar-refractivity contribution in [2.45, 2.75) is 0 Å². The number of hydrogen-bond acceptors (Lipinski definition) is 5. The van der Waals surface area contributed by atoms with Crippen LogP contribution in [-0.2, 0) is 0 Å². The van der Waals surface area contributed by atoms with Crippen molar-refractivity contribution in [2.24, 2.45) is 0 Å². The van der Waals surface area contributed by atoms with E-state index in [2.05, 4.69) is 180 Å². The van der Waals surface area contributed by atoms with Crippen LogP contribution in [-0.4, -0.2) is 9.97 Å². The maximum atomic E-state index is 5.52. The Bertz CT molecular complexity index is 2990. The number of rotatable bonds is 3. The Morgan fingerprint density at radius 1 is 0.451 bits per heavy atom. The van der Waals surface area contributed by atoms with E-state index in [0.717, 1.165) is 39.2 Å². The van der Waals surface area contributed by atoms with Crippen LogP contribution in [0.5, 0.6) is 0 Å². The third kappa shape index (κ3) is 4.13. The van der Waals surface area contributed by atoms with Crippen LogP contribution in [0.1, 0.15) is 0 Å². The highest BCUT2D eigenvalue weighted by molar-refractivity contribution is 7.26. The summed E-state index contributed by atoms with van der Waals surface area (Å²) in [6.45, 7) is 0. The van der Waals surface area contributed by atoms with E-state index in [9.17, 15) is 0 Å². The van der Waals surface area contributed by atoms with Crippen molar-refractivity contribution >= 4 is 87.0 Å². The van der Waals surface area contributed by atoms with Gasteiger partial charge in [0.2, 0.25) is 0 Å². The fourth-order valence-electron chi connectivity index (χ4n) is 7.99. The zero-order chi connectivity index (χ0) is 33.5. The Morgan fingerprint density at radius 3 is 1.92 bits per heavy atom. The first kappa shape index (κ1) is 28.3. The normalized spacial score (nSPS) is 12.6. The van der Waals surface area contributed by atoms with Gasteiger partial charge in [-0.05, 0) is 51.9 Å². The molecule has 4 nitrogen and oxygen atoms in total. The van der Waals surface area contributed by atoms with E-state index < -0.39 is 0 Å². The van der Waals surface area contributed by atoms with Gasteiger partial charge in [0.1, 0.15) is 0 Å². The molecule has 0 N–H and O–H groups in total. The first-order valence-corrected chi connectivity index (χ1v) is 18.0. The predicted molar refractivity (Wildman–Crippen MR) is 215 cm³/mol. The number of hydrazine groups is 1. The summed E-state index contributed by atoms with van der Waals surface area (Å²) in [4.78, 5) is 10.9. The maximum absolute atomic E-state index is 5.52. The van der Waals surface area contributed by atoms with Gasteiger partial charge in [-0.3, -0.25) is 0 Å². The van der Waals surface area contributed by atoms with Crippen molar-refractivity contribution in [1.82, 2.24) is 9.97 Å². The largest absolute Gasteiger partial charge is 0.251 e.